The molecule has 0 bridgehead atoms. The summed E-state index contributed by atoms with van der Waals surface area (Å²) in [5.41, 5.74) is 0.479. The summed E-state index contributed by atoms with van der Waals surface area (Å²) in [6.45, 7) is 4.38. The van der Waals surface area contributed by atoms with Crippen molar-refractivity contribution >= 4 is 0 Å². The number of hydrogen-bond acceptors (Lipinski definition) is 3. The summed E-state index contributed by atoms with van der Waals surface area (Å²) >= 11 is 0. The largest absolute Gasteiger partial charge is 0.496 e. The van der Waals surface area contributed by atoms with Crippen molar-refractivity contribution in [2.24, 2.45) is 0 Å². The summed E-state index contributed by atoms with van der Waals surface area (Å²) in [7, 11) is 1.56. The first kappa shape index (κ1) is 12.9. The van der Waals surface area contributed by atoms with Gasteiger partial charge in [0, 0.05) is 17.5 Å². The quantitative estimate of drug-likeness (QED) is 0.752. The molecule has 0 heterocycles. The fourth-order valence-corrected chi connectivity index (χ4v) is 1.67. The lowest BCUT2D eigenvalue weighted by Gasteiger charge is -2.27. The Morgan fingerprint density at radius 1 is 1.44 bits per heavy atom. The van der Waals surface area contributed by atoms with Crippen LogP contribution in [0.25, 0.3) is 0 Å². The zero-order chi connectivity index (χ0) is 12.2. The van der Waals surface area contributed by atoms with E-state index in [9.17, 15) is 4.39 Å². The number of ether oxygens (including phenoxy) is 1. The Bertz CT molecular complexity index is 353. The van der Waals surface area contributed by atoms with Gasteiger partial charge in [0.25, 0.3) is 0 Å². The van der Waals surface area contributed by atoms with Gasteiger partial charge in [-0.1, -0.05) is 13.8 Å². The molecule has 3 nitrogen and oxygen atoms in total. The fraction of sp³-hybridized carbons (Fsp3) is 0.500. The third kappa shape index (κ3) is 2.93. The van der Waals surface area contributed by atoms with Gasteiger partial charge in [-0.3, -0.25) is 5.32 Å². The first-order chi connectivity index (χ1) is 7.51. The number of aliphatic hydroxyl groups excluding tert-OH is 1. The van der Waals surface area contributed by atoms with Crippen molar-refractivity contribution in [1.82, 2.24) is 5.32 Å². The van der Waals surface area contributed by atoms with Gasteiger partial charge in [0.05, 0.1) is 13.8 Å². The van der Waals surface area contributed by atoms with E-state index in [0.29, 0.717) is 12.3 Å². The minimum absolute atomic E-state index is 0.0962. The first-order valence-corrected chi connectivity index (χ1v) is 5.17. The van der Waals surface area contributed by atoms with Crippen molar-refractivity contribution in [2.75, 3.05) is 20.4 Å². The summed E-state index contributed by atoms with van der Waals surface area (Å²) in [5.74, 6) is 0.374. The van der Waals surface area contributed by atoms with Gasteiger partial charge in [0.1, 0.15) is 11.6 Å². The summed E-state index contributed by atoms with van der Waals surface area (Å²) in [5, 5.41) is 11.6. The van der Waals surface area contributed by atoms with Crippen LogP contribution in [-0.4, -0.2) is 25.5 Å². The highest BCUT2D eigenvalue weighted by Gasteiger charge is 2.24. The van der Waals surface area contributed by atoms with Gasteiger partial charge < -0.3 is 9.84 Å². The van der Waals surface area contributed by atoms with E-state index in [1.54, 1.807) is 13.2 Å². The molecule has 0 saturated heterocycles. The summed E-state index contributed by atoms with van der Waals surface area (Å²) in [4.78, 5) is 0. The van der Waals surface area contributed by atoms with E-state index < -0.39 is 0 Å². The maximum absolute atomic E-state index is 13.2. The van der Waals surface area contributed by atoms with Crippen molar-refractivity contribution in [3.8, 4) is 5.75 Å². The molecular formula is C12H18FNO2. The molecule has 0 radical (unpaired) electrons. The molecule has 0 aliphatic rings. The van der Waals surface area contributed by atoms with Gasteiger partial charge in [0.2, 0.25) is 0 Å². The van der Waals surface area contributed by atoms with Gasteiger partial charge in [0.15, 0.2) is 0 Å². The van der Waals surface area contributed by atoms with Crippen LogP contribution in [0.4, 0.5) is 4.39 Å². The van der Waals surface area contributed by atoms with E-state index in [-0.39, 0.29) is 18.0 Å². The van der Waals surface area contributed by atoms with Crippen LogP contribution >= 0.6 is 0 Å². The van der Waals surface area contributed by atoms with Crippen LogP contribution in [-0.2, 0) is 5.41 Å². The van der Waals surface area contributed by atoms with Crippen LogP contribution in [0.3, 0.4) is 0 Å². The molecule has 0 saturated carbocycles. The second kappa shape index (κ2) is 5.27. The standard InChI is InChI=1S/C12H18FNO2/c1-12(2,7-14-8-15)10-6-9(13)4-5-11(10)16-3/h4-6,14-15H,7-8H2,1-3H3. The average Bonchev–Trinajstić information content (AvgIpc) is 2.26. The number of methoxy groups -OCH3 is 1. The summed E-state index contributed by atoms with van der Waals surface area (Å²) < 4.78 is 18.4. The lowest BCUT2D eigenvalue weighted by Crippen LogP contribution is -2.33. The number of nitrogens with one attached hydrogen (secondary N) is 1. The first-order valence-electron chi connectivity index (χ1n) is 5.17. The smallest absolute Gasteiger partial charge is 0.123 e. The zero-order valence-corrected chi connectivity index (χ0v) is 9.88. The number of rotatable bonds is 5. The third-order valence-electron chi connectivity index (χ3n) is 2.57. The lowest BCUT2D eigenvalue weighted by molar-refractivity contribution is 0.246. The number of aliphatic hydroxyl groups is 1. The second-order valence-corrected chi connectivity index (χ2v) is 4.31. The van der Waals surface area contributed by atoms with Gasteiger partial charge in [-0.15, -0.1) is 0 Å². The van der Waals surface area contributed by atoms with Crippen molar-refractivity contribution in [2.45, 2.75) is 19.3 Å². The molecule has 1 rings (SSSR count). The van der Waals surface area contributed by atoms with Crippen LogP contribution in [0.1, 0.15) is 19.4 Å². The number of halogens is 1. The molecule has 1 aromatic carbocycles. The predicted molar refractivity (Wildman–Crippen MR) is 61.1 cm³/mol. The summed E-state index contributed by atoms with van der Waals surface area (Å²) in [6.07, 6.45) is 0. The van der Waals surface area contributed by atoms with Crippen molar-refractivity contribution in [1.29, 1.82) is 0 Å². The monoisotopic (exact) mass is 227 g/mol. The second-order valence-electron chi connectivity index (χ2n) is 4.31. The highest BCUT2D eigenvalue weighted by Crippen LogP contribution is 2.31. The van der Waals surface area contributed by atoms with Gasteiger partial charge in [-0.25, -0.2) is 4.39 Å². The number of hydrogen-bond donors (Lipinski definition) is 2. The molecule has 0 aliphatic carbocycles. The molecule has 0 unspecified atom stereocenters. The Hall–Kier alpha value is -1.13. The van der Waals surface area contributed by atoms with E-state index in [4.69, 9.17) is 9.84 Å². The van der Waals surface area contributed by atoms with Crippen LogP contribution < -0.4 is 10.1 Å². The Labute approximate surface area is 95.2 Å². The molecule has 4 heteroatoms. The summed E-state index contributed by atoms with van der Waals surface area (Å²) in [6, 6.07) is 4.46. The molecule has 0 amide bonds. The maximum Gasteiger partial charge on any atom is 0.123 e. The van der Waals surface area contributed by atoms with Gasteiger partial charge in [-0.2, -0.15) is 0 Å². The highest BCUT2D eigenvalue weighted by atomic mass is 19.1. The van der Waals surface area contributed by atoms with Crippen LogP contribution in [0, 0.1) is 5.82 Å². The molecule has 0 atom stereocenters. The highest BCUT2D eigenvalue weighted by molar-refractivity contribution is 5.39. The molecule has 0 aliphatic heterocycles. The van der Waals surface area contributed by atoms with Gasteiger partial charge >= 0.3 is 0 Å². The predicted octanol–water partition coefficient (Wildman–Crippen LogP) is 1.65. The Balaban J connectivity index is 3.04. The molecule has 0 aromatic heterocycles. The minimum Gasteiger partial charge on any atom is -0.496 e. The number of benzene rings is 1. The molecule has 16 heavy (non-hydrogen) atoms. The van der Waals surface area contributed by atoms with Crippen LogP contribution in [0.15, 0.2) is 18.2 Å². The SMILES string of the molecule is COc1ccc(F)cc1C(C)(C)CNCO. The van der Waals surface area contributed by atoms with Crippen LogP contribution in [0.5, 0.6) is 5.75 Å². The van der Waals surface area contributed by atoms with E-state index in [1.807, 2.05) is 13.8 Å². The lowest BCUT2D eigenvalue weighted by atomic mass is 9.84. The Morgan fingerprint density at radius 3 is 2.69 bits per heavy atom. The molecule has 1 aromatic rings. The Kier molecular flexibility index (Phi) is 4.26. The molecule has 2 N–H and O–H groups in total. The van der Waals surface area contributed by atoms with Crippen molar-refractivity contribution < 1.29 is 14.2 Å². The van der Waals surface area contributed by atoms with E-state index in [1.165, 1.54) is 12.1 Å². The van der Waals surface area contributed by atoms with E-state index in [0.717, 1.165) is 5.56 Å². The van der Waals surface area contributed by atoms with Crippen LogP contribution in [0.2, 0.25) is 0 Å². The fourth-order valence-electron chi connectivity index (χ4n) is 1.67. The molecule has 0 fully saturated rings. The zero-order valence-electron chi connectivity index (χ0n) is 9.88. The molecule has 0 spiro atoms. The maximum atomic E-state index is 13.2. The minimum atomic E-state index is -0.309. The van der Waals surface area contributed by atoms with Crippen molar-refractivity contribution in [3.63, 3.8) is 0 Å². The van der Waals surface area contributed by atoms with Crippen molar-refractivity contribution in [3.05, 3.63) is 29.6 Å². The molecular weight excluding hydrogens is 209 g/mol. The van der Waals surface area contributed by atoms with E-state index >= 15 is 0 Å². The average molecular weight is 227 g/mol. The molecule has 90 valence electrons. The normalized spacial score (nSPS) is 11.6. The third-order valence-corrected chi connectivity index (χ3v) is 2.57. The Morgan fingerprint density at radius 2 is 2.12 bits per heavy atom. The van der Waals surface area contributed by atoms with Gasteiger partial charge in [-0.05, 0) is 18.2 Å². The van der Waals surface area contributed by atoms with E-state index in [2.05, 4.69) is 5.32 Å². The topological polar surface area (TPSA) is 41.5 Å².